The molecule has 0 N–H and O–H groups in total. The SMILES string of the molecule is CCCCCc1cc(-c2ccc(Cl)cc2)cc(N2CCN(c3ccccc3OC)CC2)c1C#N. The first-order valence-corrected chi connectivity index (χ1v) is 12.5. The summed E-state index contributed by atoms with van der Waals surface area (Å²) in [7, 11) is 1.72. The standard InChI is InChI=1S/C29H32ClN3O/c1-3-4-5-8-23-19-24(22-11-13-25(30)14-12-22)20-28(26(23)21-31)33-17-15-32(16-18-33)27-9-6-7-10-29(27)34-2/h6-7,9-14,19-20H,3-5,8,15-18H2,1-2H3. The fourth-order valence-electron chi connectivity index (χ4n) is 4.71. The van der Waals surface area contributed by atoms with Gasteiger partial charge in [0.05, 0.1) is 24.0 Å². The van der Waals surface area contributed by atoms with Gasteiger partial charge in [-0.25, -0.2) is 0 Å². The van der Waals surface area contributed by atoms with E-state index in [9.17, 15) is 5.26 Å². The number of piperazine rings is 1. The van der Waals surface area contributed by atoms with E-state index in [0.29, 0.717) is 0 Å². The molecule has 0 aliphatic carbocycles. The van der Waals surface area contributed by atoms with Crippen LogP contribution in [0.4, 0.5) is 11.4 Å². The summed E-state index contributed by atoms with van der Waals surface area (Å²) in [6.07, 6.45) is 4.35. The molecule has 1 aliphatic heterocycles. The van der Waals surface area contributed by atoms with Crippen molar-refractivity contribution in [1.82, 2.24) is 0 Å². The molecule has 0 bridgehead atoms. The number of anilines is 2. The second-order valence-electron chi connectivity index (χ2n) is 8.75. The molecule has 1 fully saturated rings. The zero-order valence-electron chi connectivity index (χ0n) is 20.1. The Hall–Kier alpha value is -3.16. The van der Waals surface area contributed by atoms with E-state index >= 15 is 0 Å². The summed E-state index contributed by atoms with van der Waals surface area (Å²) in [4.78, 5) is 4.74. The highest BCUT2D eigenvalue weighted by molar-refractivity contribution is 6.30. The third-order valence-electron chi connectivity index (χ3n) is 6.58. The molecule has 1 aliphatic rings. The average Bonchev–Trinajstić information content (AvgIpc) is 2.89. The number of halogens is 1. The van der Waals surface area contributed by atoms with Crippen molar-refractivity contribution in [2.45, 2.75) is 32.6 Å². The van der Waals surface area contributed by atoms with Crippen LogP contribution in [0.5, 0.6) is 5.75 Å². The molecule has 0 radical (unpaired) electrons. The highest BCUT2D eigenvalue weighted by Crippen LogP contribution is 2.34. The molecule has 4 nitrogen and oxygen atoms in total. The molecule has 1 saturated heterocycles. The summed E-state index contributed by atoms with van der Waals surface area (Å²) in [6.45, 7) is 5.67. The molecule has 4 rings (SSSR count). The van der Waals surface area contributed by atoms with Gasteiger partial charge >= 0.3 is 0 Å². The number of aryl methyl sites for hydroxylation is 1. The van der Waals surface area contributed by atoms with Gasteiger partial charge in [-0.3, -0.25) is 0 Å². The fraction of sp³-hybridized carbons (Fsp3) is 0.345. The van der Waals surface area contributed by atoms with E-state index in [0.717, 1.165) is 89.8 Å². The Morgan fingerprint density at radius 1 is 0.882 bits per heavy atom. The van der Waals surface area contributed by atoms with Gasteiger partial charge in [-0.05, 0) is 65.9 Å². The highest BCUT2D eigenvalue weighted by Gasteiger charge is 2.23. The van der Waals surface area contributed by atoms with Gasteiger partial charge in [0.25, 0.3) is 0 Å². The van der Waals surface area contributed by atoms with Gasteiger partial charge in [0.2, 0.25) is 0 Å². The number of hydrogen-bond donors (Lipinski definition) is 0. The van der Waals surface area contributed by atoms with Crippen LogP contribution in [-0.4, -0.2) is 33.3 Å². The van der Waals surface area contributed by atoms with Crippen LogP contribution in [0.1, 0.15) is 37.3 Å². The number of nitriles is 1. The van der Waals surface area contributed by atoms with Gasteiger partial charge < -0.3 is 14.5 Å². The minimum absolute atomic E-state index is 0.730. The van der Waals surface area contributed by atoms with E-state index in [2.05, 4.69) is 59.2 Å². The van der Waals surface area contributed by atoms with E-state index in [1.54, 1.807) is 7.11 Å². The number of unbranched alkanes of at least 4 members (excludes halogenated alkanes) is 2. The van der Waals surface area contributed by atoms with Crippen LogP contribution in [0, 0.1) is 11.3 Å². The van der Waals surface area contributed by atoms with Crippen LogP contribution in [0.2, 0.25) is 5.02 Å². The Morgan fingerprint density at radius 2 is 1.56 bits per heavy atom. The predicted octanol–water partition coefficient (Wildman–Crippen LogP) is 6.95. The maximum Gasteiger partial charge on any atom is 0.142 e. The first-order chi connectivity index (χ1) is 16.6. The fourth-order valence-corrected chi connectivity index (χ4v) is 4.84. The monoisotopic (exact) mass is 473 g/mol. The summed E-state index contributed by atoms with van der Waals surface area (Å²) in [6, 6.07) is 23.1. The molecular weight excluding hydrogens is 442 g/mol. The predicted molar refractivity (Wildman–Crippen MR) is 142 cm³/mol. The molecule has 0 spiro atoms. The zero-order chi connectivity index (χ0) is 23.9. The summed E-state index contributed by atoms with van der Waals surface area (Å²) < 4.78 is 5.57. The number of nitrogens with zero attached hydrogens (tertiary/aromatic N) is 3. The Balaban J connectivity index is 1.64. The largest absolute Gasteiger partial charge is 0.495 e. The Bertz CT molecular complexity index is 1150. The normalized spacial score (nSPS) is 13.6. The smallest absolute Gasteiger partial charge is 0.142 e. The van der Waals surface area contributed by atoms with Crippen molar-refractivity contribution in [2.75, 3.05) is 43.1 Å². The van der Waals surface area contributed by atoms with E-state index < -0.39 is 0 Å². The lowest BCUT2D eigenvalue weighted by molar-refractivity contribution is 0.413. The van der Waals surface area contributed by atoms with Crippen LogP contribution < -0.4 is 14.5 Å². The summed E-state index contributed by atoms with van der Waals surface area (Å²) in [5.74, 6) is 0.900. The zero-order valence-corrected chi connectivity index (χ0v) is 20.8. The topological polar surface area (TPSA) is 39.5 Å². The number of benzene rings is 3. The van der Waals surface area contributed by atoms with Gasteiger partial charge in [-0.2, -0.15) is 5.26 Å². The highest BCUT2D eigenvalue weighted by atomic mass is 35.5. The number of para-hydroxylation sites is 2. The second-order valence-corrected chi connectivity index (χ2v) is 9.19. The Morgan fingerprint density at radius 3 is 2.21 bits per heavy atom. The van der Waals surface area contributed by atoms with Gasteiger partial charge in [0.15, 0.2) is 0 Å². The first kappa shape index (κ1) is 24.0. The summed E-state index contributed by atoms with van der Waals surface area (Å²) in [5.41, 5.74) is 6.40. The van der Waals surface area contributed by atoms with E-state index in [1.165, 1.54) is 6.42 Å². The van der Waals surface area contributed by atoms with Crippen LogP contribution in [0.3, 0.4) is 0 Å². The van der Waals surface area contributed by atoms with Crippen LogP contribution in [0.15, 0.2) is 60.7 Å². The van der Waals surface area contributed by atoms with Crippen LogP contribution >= 0.6 is 11.6 Å². The third kappa shape index (κ3) is 5.32. The minimum Gasteiger partial charge on any atom is -0.495 e. The molecule has 0 atom stereocenters. The van der Waals surface area contributed by atoms with Gasteiger partial charge in [-0.1, -0.05) is 55.6 Å². The molecule has 1 heterocycles. The van der Waals surface area contributed by atoms with Crippen molar-refractivity contribution >= 4 is 23.0 Å². The molecule has 176 valence electrons. The van der Waals surface area contributed by atoms with E-state index in [4.69, 9.17) is 16.3 Å². The van der Waals surface area contributed by atoms with Crippen molar-refractivity contribution in [3.63, 3.8) is 0 Å². The lowest BCUT2D eigenvalue weighted by Crippen LogP contribution is -2.47. The third-order valence-corrected chi connectivity index (χ3v) is 6.84. The molecular formula is C29H32ClN3O. The molecule has 34 heavy (non-hydrogen) atoms. The van der Waals surface area contributed by atoms with Crippen molar-refractivity contribution in [2.24, 2.45) is 0 Å². The Kier molecular flexibility index (Phi) is 7.98. The quantitative estimate of drug-likeness (QED) is 0.332. The maximum atomic E-state index is 10.2. The van der Waals surface area contributed by atoms with Crippen molar-refractivity contribution in [3.05, 3.63) is 76.8 Å². The summed E-state index contributed by atoms with van der Waals surface area (Å²) >= 11 is 6.14. The number of methoxy groups -OCH3 is 1. The van der Waals surface area contributed by atoms with Crippen molar-refractivity contribution in [3.8, 4) is 22.9 Å². The molecule has 0 aromatic heterocycles. The Labute approximate surface area is 208 Å². The molecule has 3 aromatic rings. The lowest BCUT2D eigenvalue weighted by Gasteiger charge is -2.38. The molecule has 0 unspecified atom stereocenters. The number of rotatable bonds is 8. The average molecular weight is 474 g/mol. The van der Waals surface area contributed by atoms with Crippen molar-refractivity contribution in [1.29, 1.82) is 5.26 Å². The minimum atomic E-state index is 0.730. The lowest BCUT2D eigenvalue weighted by atomic mass is 9.94. The van der Waals surface area contributed by atoms with Gasteiger partial charge in [0, 0.05) is 31.2 Å². The second kappa shape index (κ2) is 11.3. The molecule has 0 amide bonds. The van der Waals surface area contributed by atoms with E-state index in [1.807, 2.05) is 24.3 Å². The summed E-state index contributed by atoms with van der Waals surface area (Å²) in [5, 5.41) is 10.9. The van der Waals surface area contributed by atoms with Crippen LogP contribution in [0.25, 0.3) is 11.1 Å². The van der Waals surface area contributed by atoms with E-state index in [-0.39, 0.29) is 0 Å². The number of hydrogen-bond acceptors (Lipinski definition) is 4. The number of ether oxygens (including phenoxy) is 1. The molecule has 5 heteroatoms. The van der Waals surface area contributed by atoms with Crippen molar-refractivity contribution < 1.29 is 4.74 Å². The molecule has 3 aromatic carbocycles. The van der Waals surface area contributed by atoms with Crippen LogP contribution in [-0.2, 0) is 6.42 Å². The maximum absolute atomic E-state index is 10.2. The first-order valence-electron chi connectivity index (χ1n) is 12.1. The molecule has 0 saturated carbocycles. The van der Waals surface area contributed by atoms with Gasteiger partial charge in [-0.15, -0.1) is 0 Å². The van der Waals surface area contributed by atoms with Gasteiger partial charge in [0.1, 0.15) is 11.8 Å².